The number of fused-ring (bicyclic) bond motifs is 4. The second kappa shape index (κ2) is 7.18. The van der Waals surface area contributed by atoms with Crippen molar-refractivity contribution in [2.75, 3.05) is 0 Å². The summed E-state index contributed by atoms with van der Waals surface area (Å²) in [7, 11) is 0. The van der Waals surface area contributed by atoms with Crippen molar-refractivity contribution in [1.29, 1.82) is 0 Å². The summed E-state index contributed by atoms with van der Waals surface area (Å²) in [6.45, 7) is 6.73. The summed E-state index contributed by atoms with van der Waals surface area (Å²) in [6.07, 6.45) is 0.0466. The zero-order valence-corrected chi connectivity index (χ0v) is 22.0. The first-order valence-electron chi connectivity index (χ1n) is 11.8. The van der Waals surface area contributed by atoms with Crippen molar-refractivity contribution in [1.82, 2.24) is 4.98 Å². The van der Waals surface area contributed by atoms with Crippen LogP contribution in [0.15, 0.2) is 66.8 Å². The predicted molar refractivity (Wildman–Crippen MR) is 142 cm³/mol. The summed E-state index contributed by atoms with van der Waals surface area (Å²) >= 11 is -0.365. The maximum absolute atomic E-state index is 8.72. The standard InChI is InChI=1S/C28H29GeNS/c1-28(2,3)23-17-19(16-18-10-7-8-11-20(18)23)25-27-22(14-15-30-25)21-12-9-13-24(26(21)31-27)29(4,5)6/h7-17H,1-6H3/i14D,15D. The monoisotopic (exact) mass is 487 g/mol. The summed E-state index contributed by atoms with van der Waals surface area (Å²) < 4.78 is 21.0. The van der Waals surface area contributed by atoms with E-state index in [-0.39, 0.29) is 17.6 Å². The Morgan fingerprint density at radius 3 is 2.35 bits per heavy atom. The number of hydrogen-bond donors (Lipinski definition) is 0. The minimum atomic E-state index is -2.12. The Balaban J connectivity index is 1.92. The van der Waals surface area contributed by atoms with Crippen LogP contribution in [0.2, 0.25) is 17.3 Å². The number of rotatable bonds is 2. The molecule has 1 nitrogen and oxygen atoms in total. The molecular weight excluding hydrogens is 455 g/mol. The van der Waals surface area contributed by atoms with Gasteiger partial charge in [0.1, 0.15) is 0 Å². The first-order valence-corrected chi connectivity index (χ1v) is 19.0. The van der Waals surface area contributed by atoms with E-state index in [1.807, 2.05) is 0 Å². The van der Waals surface area contributed by atoms with Gasteiger partial charge in [0.25, 0.3) is 0 Å². The van der Waals surface area contributed by atoms with Gasteiger partial charge >= 0.3 is 195 Å². The molecule has 5 rings (SSSR count). The molecule has 0 unspecified atom stereocenters. The predicted octanol–water partition coefficient (Wildman–Crippen LogP) is 8.11. The molecule has 0 radical (unpaired) electrons. The van der Waals surface area contributed by atoms with Gasteiger partial charge in [-0.3, -0.25) is 0 Å². The van der Waals surface area contributed by atoms with Crippen molar-refractivity contribution in [3.8, 4) is 11.3 Å². The van der Waals surface area contributed by atoms with E-state index in [2.05, 4.69) is 92.6 Å². The average Bonchev–Trinajstić information content (AvgIpc) is 3.13. The number of nitrogens with zero attached hydrogens (tertiary/aromatic N) is 1. The molecule has 5 aromatic rings. The van der Waals surface area contributed by atoms with Gasteiger partial charge in [0.2, 0.25) is 0 Å². The van der Waals surface area contributed by atoms with Gasteiger partial charge < -0.3 is 0 Å². The molecule has 0 saturated heterocycles. The number of hydrogen-bond acceptors (Lipinski definition) is 2. The number of benzene rings is 3. The van der Waals surface area contributed by atoms with Gasteiger partial charge in [-0.05, 0) is 0 Å². The molecule has 156 valence electrons. The fourth-order valence-corrected chi connectivity index (χ4v) is 10.5. The van der Waals surface area contributed by atoms with Crippen molar-refractivity contribution < 1.29 is 2.74 Å². The Bertz CT molecular complexity index is 1550. The van der Waals surface area contributed by atoms with Crippen LogP contribution in [0.1, 0.15) is 29.1 Å². The van der Waals surface area contributed by atoms with Crippen LogP contribution in [-0.4, -0.2) is 18.3 Å². The molecule has 0 spiro atoms. The van der Waals surface area contributed by atoms with E-state index in [9.17, 15) is 0 Å². The van der Waals surface area contributed by atoms with Crippen LogP contribution in [0.25, 0.3) is 42.2 Å². The molecule has 0 aliphatic carbocycles. The molecule has 2 heterocycles. The van der Waals surface area contributed by atoms with E-state index in [4.69, 9.17) is 7.73 Å². The molecule has 0 N–H and O–H groups in total. The quantitative estimate of drug-likeness (QED) is 0.230. The number of aromatic nitrogens is 1. The van der Waals surface area contributed by atoms with Gasteiger partial charge in [0.05, 0.1) is 0 Å². The Hall–Kier alpha value is -2.17. The Labute approximate surface area is 194 Å². The average molecular weight is 486 g/mol. The number of pyridine rings is 1. The molecule has 0 saturated carbocycles. The van der Waals surface area contributed by atoms with Crippen LogP contribution in [0.5, 0.6) is 0 Å². The van der Waals surface area contributed by atoms with Gasteiger partial charge in [-0.1, -0.05) is 0 Å². The molecule has 3 heteroatoms. The van der Waals surface area contributed by atoms with Crippen molar-refractivity contribution in [3.63, 3.8) is 0 Å². The first kappa shape index (κ1) is 18.4. The molecule has 31 heavy (non-hydrogen) atoms. The molecule has 0 atom stereocenters. The van der Waals surface area contributed by atoms with Crippen LogP contribution in [0.3, 0.4) is 0 Å². The van der Waals surface area contributed by atoms with Crippen molar-refractivity contribution in [2.24, 2.45) is 0 Å². The van der Waals surface area contributed by atoms with Crippen molar-refractivity contribution in [3.05, 3.63) is 72.4 Å². The summed E-state index contributed by atoms with van der Waals surface area (Å²) in [5, 5.41) is 4.42. The topological polar surface area (TPSA) is 12.9 Å². The molecule has 3 aromatic carbocycles. The van der Waals surface area contributed by atoms with Crippen LogP contribution >= 0.6 is 11.3 Å². The van der Waals surface area contributed by atoms with Crippen LogP contribution < -0.4 is 4.40 Å². The molecule has 0 fully saturated rings. The van der Waals surface area contributed by atoms with E-state index in [1.54, 1.807) is 11.3 Å². The van der Waals surface area contributed by atoms with Crippen LogP contribution in [0, 0.1) is 0 Å². The summed E-state index contributed by atoms with van der Waals surface area (Å²) in [4.78, 5) is 4.69. The molecule has 0 aliphatic rings. The zero-order chi connectivity index (χ0) is 23.7. The molecular formula is C28H29GeNS. The second-order valence-electron chi connectivity index (χ2n) is 10.4. The minimum absolute atomic E-state index is 0.0268. The molecule has 0 aliphatic heterocycles. The van der Waals surface area contributed by atoms with Gasteiger partial charge in [0, 0.05) is 0 Å². The van der Waals surface area contributed by atoms with Crippen LogP contribution in [0.4, 0.5) is 0 Å². The second-order valence-corrected chi connectivity index (χ2v) is 22.0. The van der Waals surface area contributed by atoms with Gasteiger partial charge in [-0.25, -0.2) is 0 Å². The van der Waals surface area contributed by atoms with Crippen molar-refractivity contribution in [2.45, 2.75) is 43.5 Å². The first-order chi connectivity index (χ1) is 15.5. The maximum atomic E-state index is 8.72. The summed E-state index contributed by atoms with van der Waals surface area (Å²) in [6, 6.07) is 19.7. The van der Waals surface area contributed by atoms with E-state index < -0.39 is 13.3 Å². The Morgan fingerprint density at radius 2 is 1.61 bits per heavy atom. The Morgan fingerprint density at radius 1 is 0.871 bits per heavy atom. The van der Waals surface area contributed by atoms with Gasteiger partial charge in [-0.15, -0.1) is 0 Å². The third-order valence-electron chi connectivity index (χ3n) is 6.03. The van der Waals surface area contributed by atoms with E-state index >= 15 is 0 Å². The fraction of sp³-hybridized carbons (Fsp3) is 0.250. The van der Waals surface area contributed by atoms with E-state index in [0.717, 1.165) is 26.7 Å². The summed E-state index contributed by atoms with van der Waals surface area (Å²) in [5.41, 5.74) is 3.11. The Kier molecular flexibility index (Phi) is 4.26. The van der Waals surface area contributed by atoms with E-state index in [1.165, 1.54) is 25.4 Å². The molecule has 0 amide bonds. The number of thiophene rings is 1. The molecule has 0 bridgehead atoms. The van der Waals surface area contributed by atoms with Crippen molar-refractivity contribution >= 4 is 59.9 Å². The van der Waals surface area contributed by atoms with Gasteiger partial charge in [-0.2, -0.15) is 0 Å². The fourth-order valence-electron chi connectivity index (χ4n) is 4.45. The molecule has 2 aromatic heterocycles. The zero-order valence-electron chi connectivity index (χ0n) is 21.1. The van der Waals surface area contributed by atoms with Gasteiger partial charge in [0.15, 0.2) is 0 Å². The third-order valence-corrected chi connectivity index (χ3v) is 11.9. The third kappa shape index (κ3) is 3.50. The van der Waals surface area contributed by atoms with E-state index in [0.29, 0.717) is 0 Å². The van der Waals surface area contributed by atoms with Crippen LogP contribution in [-0.2, 0) is 5.41 Å². The SMILES string of the molecule is [2H]c1nc(-c2cc(C(C)(C)C)c3ccccc3c2)c2sc3[c]([Ge]([CH3])([CH3])[CH3])cccc3c2c1[2H]. The normalized spacial score (nSPS) is 13.7. The summed E-state index contributed by atoms with van der Waals surface area (Å²) in [5.74, 6) is 7.23.